The summed E-state index contributed by atoms with van der Waals surface area (Å²) in [4.78, 5) is 15.1. The van der Waals surface area contributed by atoms with E-state index in [1.54, 1.807) is 19.1 Å². The van der Waals surface area contributed by atoms with Gasteiger partial charge in [-0.25, -0.2) is 12.7 Å². The summed E-state index contributed by atoms with van der Waals surface area (Å²) < 4.78 is 25.8. The lowest BCUT2D eigenvalue weighted by atomic mass is 10.0. The van der Waals surface area contributed by atoms with Crippen LogP contribution in [0.25, 0.3) is 10.9 Å². The van der Waals surface area contributed by atoms with Crippen molar-refractivity contribution in [3.8, 4) is 0 Å². The second-order valence-corrected chi connectivity index (χ2v) is 8.31. The van der Waals surface area contributed by atoms with Crippen molar-refractivity contribution in [1.82, 2.24) is 9.29 Å². The van der Waals surface area contributed by atoms with Crippen LogP contribution in [0, 0.1) is 0 Å². The van der Waals surface area contributed by atoms with Crippen molar-refractivity contribution < 1.29 is 13.2 Å². The number of H-pyrrole nitrogens is 1. The number of sulfonamides is 1. The lowest BCUT2D eigenvalue weighted by molar-refractivity contribution is -0.117. The quantitative estimate of drug-likeness (QED) is 0.940. The number of hydrogen-bond acceptors (Lipinski definition) is 3. The molecule has 1 heterocycles. The molecule has 0 spiro atoms. The SMILES string of the molecule is CC(=O)CC1CCc2c1[nH]c1ccc(S(=O)(=O)N(C)C)cc21. The number of nitrogens with one attached hydrogen (secondary N) is 1. The molecule has 0 bridgehead atoms. The molecule has 118 valence electrons. The van der Waals surface area contributed by atoms with E-state index in [0.29, 0.717) is 11.3 Å². The van der Waals surface area contributed by atoms with Crippen LogP contribution in [0.5, 0.6) is 0 Å². The van der Waals surface area contributed by atoms with Crippen molar-refractivity contribution >= 4 is 26.7 Å². The summed E-state index contributed by atoms with van der Waals surface area (Å²) in [5.41, 5.74) is 3.21. The maximum absolute atomic E-state index is 12.3. The Morgan fingerprint density at radius 2 is 2.09 bits per heavy atom. The van der Waals surface area contributed by atoms with E-state index in [1.807, 2.05) is 6.07 Å². The first-order valence-corrected chi connectivity index (χ1v) is 8.81. The number of aromatic amines is 1. The van der Waals surface area contributed by atoms with Gasteiger partial charge in [-0.15, -0.1) is 0 Å². The molecule has 0 saturated heterocycles. The molecule has 5 nitrogen and oxygen atoms in total. The van der Waals surface area contributed by atoms with Gasteiger partial charge in [0.15, 0.2) is 0 Å². The van der Waals surface area contributed by atoms with E-state index in [0.717, 1.165) is 35.0 Å². The Hall–Kier alpha value is -1.66. The van der Waals surface area contributed by atoms with E-state index in [1.165, 1.54) is 18.4 Å². The molecular formula is C16H20N2O3S. The molecule has 0 fully saturated rings. The number of fused-ring (bicyclic) bond motifs is 3. The van der Waals surface area contributed by atoms with Crippen LogP contribution in [0.1, 0.15) is 36.9 Å². The Labute approximate surface area is 130 Å². The van der Waals surface area contributed by atoms with Gasteiger partial charge >= 0.3 is 0 Å². The van der Waals surface area contributed by atoms with E-state index < -0.39 is 10.0 Å². The zero-order valence-corrected chi connectivity index (χ0v) is 13.8. The fourth-order valence-electron chi connectivity index (χ4n) is 3.25. The summed E-state index contributed by atoms with van der Waals surface area (Å²) in [5, 5.41) is 0.962. The van der Waals surface area contributed by atoms with Crippen LogP contribution in [0.15, 0.2) is 23.1 Å². The molecule has 1 aliphatic carbocycles. The number of Topliss-reactive ketones (excluding diaryl/α,β-unsaturated/α-hetero) is 1. The van der Waals surface area contributed by atoms with Crippen LogP contribution in [0.4, 0.5) is 0 Å². The van der Waals surface area contributed by atoms with Gasteiger partial charge in [-0.2, -0.15) is 0 Å². The predicted octanol–water partition coefficient (Wildman–Crippen LogP) is 2.43. The number of aryl methyl sites for hydroxylation is 1. The van der Waals surface area contributed by atoms with Gasteiger partial charge < -0.3 is 9.78 Å². The highest BCUT2D eigenvalue weighted by molar-refractivity contribution is 7.89. The number of ketones is 1. The smallest absolute Gasteiger partial charge is 0.242 e. The minimum absolute atomic E-state index is 0.187. The summed E-state index contributed by atoms with van der Waals surface area (Å²) in [6.45, 7) is 1.61. The second kappa shape index (κ2) is 5.21. The monoisotopic (exact) mass is 320 g/mol. The first-order chi connectivity index (χ1) is 10.3. The van der Waals surface area contributed by atoms with Gasteiger partial charge in [0.05, 0.1) is 4.90 Å². The Bertz CT molecular complexity index is 850. The second-order valence-electron chi connectivity index (χ2n) is 6.15. The molecule has 22 heavy (non-hydrogen) atoms. The Morgan fingerprint density at radius 3 is 2.73 bits per heavy atom. The molecule has 0 amide bonds. The Kier molecular flexibility index (Phi) is 3.61. The first kappa shape index (κ1) is 15.2. The van der Waals surface area contributed by atoms with Crippen LogP contribution >= 0.6 is 0 Å². The van der Waals surface area contributed by atoms with Gasteiger partial charge in [0.2, 0.25) is 10.0 Å². The van der Waals surface area contributed by atoms with Gasteiger partial charge in [0.1, 0.15) is 5.78 Å². The van der Waals surface area contributed by atoms with E-state index >= 15 is 0 Å². The van der Waals surface area contributed by atoms with E-state index in [9.17, 15) is 13.2 Å². The van der Waals surface area contributed by atoms with Crippen molar-refractivity contribution in [1.29, 1.82) is 0 Å². The maximum atomic E-state index is 12.3. The number of carbonyl (C=O) groups is 1. The molecule has 0 aliphatic heterocycles. The highest BCUT2D eigenvalue weighted by Crippen LogP contribution is 2.40. The fraction of sp³-hybridized carbons (Fsp3) is 0.438. The average molecular weight is 320 g/mol. The van der Waals surface area contributed by atoms with Gasteiger partial charge in [-0.05, 0) is 43.5 Å². The highest BCUT2D eigenvalue weighted by atomic mass is 32.2. The van der Waals surface area contributed by atoms with E-state index in [4.69, 9.17) is 0 Å². The minimum atomic E-state index is -3.43. The molecule has 1 aromatic carbocycles. The molecule has 0 radical (unpaired) electrons. The Balaban J connectivity index is 2.10. The van der Waals surface area contributed by atoms with Gasteiger partial charge in [0.25, 0.3) is 0 Å². The largest absolute Gasteiger partial charge is 0.358 e. The molecule has 1 unspecified atom stereocenters. The zero-order valence-electron chi connectivity index (χ0n) is 13.0. The number of benzene rings is 1. The topological polar surface area (TPSA) is 70.2 Å². The third-order valence-corrected chi connectivity index (χ3v) is 6.19. The third-order valence-electron chi connectivity index (χ3n) is 4.37. The molecule has 1 N–H and O–H groups in total. The summed E-state index contributed by atoms with van der Waals surface area (Å²) in [6.07, 6.45) is 2.38. The zero-order chi connectivity index (χ0) is 16.1. The lowest BCUT2D eigenvalue weighted by Gasteiger charge is -2.11. The molecular weight excluding hydrogens is 300 g/mol. The minimum Gasteiger partial charge on any atom is -0.358 e. The molecule has 3 rings (SSSR count). The van der Waals surface area contributed by atoms with Crippen LogP contribution in [-0.4, -0.2) is 37.6 Å². The van der Waals surface area contributed by atoms with Crippen LogP contribution in [0.3, 0.4) is 0 Å². The van der Waals surface area contributed by atoms with E-state index in [2.05, 4.69) is 4.98 Å². The number of aromatic nitrogens is 1. The molecule has 1 atom stereocenters. The van der Waals surface area contributed by atoms with Crippen LogP contribution in [0.2, 0.25) is 0 Å². The van der Waals surface area contributed by atoms with Crippen molar-refractivity contribution in [2.24, 2.45) is 0 Å². The summed E-state index contributed by atoms with van der Waals surface area (Å²) in [7, 11) is -0.367. The third kappa shape index (κ3) is 2.36. The molecule has 1 aromatic heterocycles. The number of nitrogens with zero attached hydrogens (tertiary/aromatic N) is 1. The maximum Gasteiger partial charge on any atom is 0.242 e. The predicted molar refractivity (Wildman–Crippen MR) is 85.5 cm³/mol. The molecule has 0 saturated carbocycles. The fourth-order valence-corrected chi connectivity index (χ4v) is 4.18. The number of carbonyl (C=O) groups excluding carboxylic acids is 1. The summed E-state index contributed by atoms with van der Waals surface area (Å²) in [6, 6.07) is 5.19. The van der Waals surface area contributed by atoms with Gasteiger partial charge in [-0.3, -0.25) is 0 Å². The lowest BCUT2D eigenvalue weighted by Crippen LogP contribution is -2.22. The van der Waals surface area contributed by atoms with Gasteiger partial charge in [-0.1, -0.05) is 0 Å². The molecule has 1 aliphatic rings. The normalized spacial score (nSPS) is 18.1. The van der Waals surface area contributed by atoms with E-state index in [-0.39, 0.29) is 11.7 Å². The standard InChI is InChI=1S/C16H20N2O3S/c1-10(19)8-11-4-6-13-14-9-12(22(20,21)18(2)3)5-7-15(14)17-16(11)13/h5,7,9,11,17H,4,6,8H2,1-3H3. The van der Waals surface area contributed by atoms with Gasteiger partial charge in [0, 0.05) is 43.0 Å². The highest BCUT2D eigenvalue weighted by Gasteiger charge is 2.28. The van der Waals surface area contributed by atoms with Crippen molar-refractivity contribution in [3.63, 3.8) is 0 Å². The van der Waals surface area contributed by atoms with Crippen molar-refractivity contribution in [3.05, 3.63) is 29.5 Å². The summed E-state index contributed by atoms with van der Waals surface area (Å²) >= 11 is 0. The number of rotatable bonds is 4. The van der Waals surface area contributed by atoms with Crippen LogP contribution in [-0.2, 0) is 21.2 Å². The summed E-state index contributed by atoms with van der Waals surface area (Å²) in [5.74, 6) is 0.418. The molecule has 6 heteroatoms. The van der Waals surface area contributed by atoms with Crippen molar-refractivity contribution in [2.45, 2.75) is 37.0 Å². The van der Waals surface area contributed by atoms with Crippen molar-refractivity contribution in [2.75, 3.05) is 14.1 Å². The Morgan fingerprint density at radius 1 is 1.36 bits per heavy atom. The first-order valence-electron chi connectivity index (χ1n) is 7.37. The van der Waals surface area contributed by atoms with Crippen LogP contribution < -0.4 is 0 Å². The number of hydrogen-bond donors (Lipinski definition) is 1. The average Bonchev–Trinajstić information content (AvgIpc) is 2.97. The molecule has 2 aromatic rings.